The lowest BCUT2D eigenvalue weighted by molar-refractivity contribution is -0.134. The molecule has 1 fully saturated rings. The molecule has 2 aromatic rings. The van der Waals surface area contributed by atoms with Gasteiger partial charge in [-0.25, -0.2) is 4.79 Å². The first-order valence-corrected chi connectivity index (χ1v) is 12.7. The van der Waals surface area contributed by atoms with Gasteiger partial charge in [0.25, 0.3) is 0 Å². The molecule has 2 aliphatic rings. The van der Waals surface area contributed by atoms with Gasteiger partial charge in [0, 0.05) is 23.7 Å². The third-order valence-corrected chi connectivity index (χ3v) is 7.32. The summed E-state index contributed by atoms with van der Waals surface area (Å²) in [4.78, 5) is 41.3. The predicted octanol–water partition coefficient (Wildman–Crippen LogP) is 4.73. The number of alkyl carbamates (subject to hydrolysis) is 1. The van der Waals surface area contributed by atoms with E-state index in [2.05, 4.69) is 16.7 Å². The van der Waals surface area contributed by atoms with Crippen LogP contribution in [0.3, 0.4) is 0 Å². The minimum atomic E-state index is -1.00. The summed E-state index contributed by atoms with van der Waals surface area (Å²) in [6.07, 6.45) is -0.218. The Labute approximate surface area is 221 Å². The molecule has 2 N–H and O–H groups in total. The lowest BCUT2D eigenvalue weighted by atomic mass is 9.80. The highest BCUT2D eigenvalue weighted by Crippen LogP contribution is 2.46. The van der Waals surface area contributed by atoms with Crippen LogP contribution < -0.4 is 10.6 Å². The van der Waals surface area contributed by atoms with E-state index in [4.69, 9.17) is 16.3 Å². The first-order chi connectivity index (χ1) is 17.5. The van der Waals surface area contributed by atoms with Crippen LogP contribution in [0.2, 0.25) is 5.02 Å². The molecular formula is C28H31ClN4O4. The fourth-order valence-corrected chi connectivity index (χ4v) is 5.39. The van der Waals surface area contributed by atoms with Crippen molar-refractivity contribution in [3.8, 4) is 6.07 Å². The average Bonchev–Trinajstić information content (AvgIpc) is 3.36. The summed E-state index contributed by atoms with van der Waals surface area (Å²) in [7, 11) is 0. The maximum atomic E-state index is 13.8. The lowest BCUT2D eigenvalue weighted by Crippen LogP contribution is -2.52. The van der Waals surface area contributed by atoms with Crippen molar-refractivity contribution in [2.24, 2.45) is 5.92 Å². The van der Waals surface area contributed by atoms with Gasteiger partial charge in [-0.1, -0.05) is 55.8 Å². The molecule has 8 nitrogen and oxygen atoms in total. The number of para-hydroxylation sites is 1. The van der Waals surface area contributed by atoms with Crippen LogP contribution in [0.1, 0.15) is 51.7 Å². The molecule has 4 rings (SSSR count). The molecule has 0 radical (unpaired) electrons. The summed E-state index contributed by atoms with van der Waals surface area (Å²) in [5, 5.41) is 16.0. The highest BCUT2D eigenvalue weighted by Gasteiger charge is 2.56. The highest BCUT2D eigenvalue weighted by atomic mass is 35.5. The largest absolute Gasteiger partial charge is 0.439 e. The van der Waals surface area contributed by atoms with Gasteiger partial charge in [0.1, 0.15) is 17.7 Å². The van der Waals surface area contributed by atoms with Crippen LogP contribution >= 0.6 is 11.6 Å². The van der Waals surface area contributed by atoms with Crippen LogP contribution in [0, 0.1) is 17.2 Å². The minimum absolute atomic E-state index is 0.0617. The summed E-state index contributed by atoms with van der Waals surface area (Å²) in [5.74, 6) is -0.560. The molecule has 1 unspecified atom stereocenters. The maximum absolute atomic E-state index is 13.8. The van der Waals surface area contributed by atoms with Gasteiger partial charge in [0.15, 0.2) is 0 Å². The van der Waals surface area contributed by atoms with E-state index in [0.29, 0.717) is 22.7 Å². The van der Waals surface area contributed by atoms with Crippen molar-refractivity contribution in [2.45, 2.75) is 63.6 Å². The smallest absolute Gasteiger partial charge is 0.408 e. The Hall–Kier alpha value is -3.57. The van der Waals surface area contributed by atoms with Gasteiger partial charge in [0.2, 0.25) is 11.8 Å². The Morgan fingerprint density at radius 3 is 2.68 bits per heavy atom. The number of carbonyl (C=O) groups excluding carboxylic acids is 3. The van der Waals surface area contributed by atoms with Crippen molar-refractivity contribution in [1.82, 2.24) is 10.2 Å². The summed E-state index contributed by atoms with van der Waals surface area (Å²) in [5.41, 5.74) is 0.191. The topological polar surface area (TPSA) is 112 Å². The van der Waals surface area contributed by atoms with Gasteiger partial charge in [-0.15, -0.1) is 0 Å². The lowest BCUT2D eigenvalue weighted by Gasteiger charge is -2.30. The molecule has 9 heteroatoms. The molecule has 3 amide bonds. The summed E-state index contributed by atoms with van der Waals surface area (Å²) < 4.78 is 5.71. The Balaban J connectivity index is 1.55. The van der Waals surface area contributed by atoms with E-state index in [9.17, 15) is 19.6 Å². The van der Waals surface area contributed by atoms with Gasteiger partial charge in [0.05, 0.1) is 11.5 Å². The summed E-state index contributed by atoms with van der Waals surface area (Å²) >= 11 is 6.10. The van der Waals surface area contributed by atoms with E-state index in [1.165, 1.54) is 4.90 Å². The van der Waals surface area contributed by atoms with E-state index in [1.807, 2.05) is 44.2 Å². The number of hydrogen-bond acceptors (Lipinski definition) is 5. The van der Waals surface area contributed by atoms with Crippen molar-refractivity contribution in [3.63, 3.8) is 0 Å². The third-order valence-electron chi connectivity index (χ3n) is 7.08. The molecule has 3 atom stereocenters. The van der Waals surface area contributed by atoms with Crippen molar-refractivity contribution in [3.05, 3.63) is 64.7 Å². The van der Waals surface area contributed by atoms with Crippen LogP contribution in [-0.2, 0) is 25.3 Å². The zero-order valence-electron chi connectivity index (χ0n) is 21.4. The number of nitrogens with one attached hydrogen (secondary N) is 2. The second-order valence-corrected chi connectivity index (χ2v) is 11.1. The Bertz CT molecular complexity index is 1270. The molecule has 2 aliphatic heterocycles. The molecule has 0 saturated carbocycles. The molecule has 1 saturated heterocycles. The predicted molar refractivity (Wildman–Crippen MR) is 140 cm³/mol. The second-order valence-electron chi connectivity index (χ2n) is 10.6. The Morgan fingerprint density at radius 1 is 1.27 bits per heavy atom. The van der Waals surface area contributed by atoms with Crippen LogP contribution in [0.15, 0.2) is 48.5 Å². The average molecular weight is 523 g/mol. The van der Waals surface area contributed by atoms with Crippen molar-refractivity contribution >= 4 is 35.2 Å². The second kappa shape index (κ2) is 10.1. The highest BCUT2D eigenvalue weighted by molar-refractivity contribution is 6.30. The van der Waals surface area contributed by atoms with Crippen molar-refractivity contribution in [1.29, 1.82) is 5.26 Å². The number of halogens is 1. The van der Waals surface area contributed by atoms with Gasteiger partial charge in [-0.2, -0.15) is 5.26 Å². The summed E-state index contributed by atoms with van der Waals surface area (Å²) in [6, 6.07) is 14.8. The zero-order chi connectivity index (χ0) is 27.0. The van der Waals surface area contributed by atoms with Crippen molar-refractivity contribution < 1.29 is 19.1 Å². The molecular weight excluding hydrogens is 492 g/mol. The molecule has 194 valence electrons. The SMILES string of the molecule is CC(C)CC(NC(=O)OC(C)(C)c1cccc(Cl)c1)C(=O)N1C[C@]2(C[C@H]1C#N)C(=O)Nc1ccccc12. The first kappa shape index (κ1) is 26.5. The number of ether oxygens (including phenoxy) is 1. The number of rotatable bonds is 6. The number of benzene rings is 2. The van der Waals surface area contributed by atoms with E-state index in [1.54, 1.807) is 32.0 Å². The maximum Gasteiger partial charge on any atom is 0.408 e. The molecule has 1 spiro atoms. The van der Waals surface area contributed by atoms with Crippen molar-refractivity contribution in [2.75, 3.05) is 11.9 Å². The minimum Gasteiger partial charge on any atom is -0.439 e. The molecule has 0 bridgehead atoms. The zero-order valence-corrected chi connectivity index (χ0v) is 22.1. The fourth-order valence-electron chi connectivity index (χ4n) is 5.20. The van der Waals surface area contributed by atoms with Gasteiger partial charge in [-0.3, -0.25) is 9.59 Å². The number of carbonyl (C=O) groups is 3. The Kier molecular flexibility index (Phi) is 7.20. The van der Waals surface area contributed by atoms with E-state index in [0.717, 1.165) is 5.56 Å². The summed E-state index contributed by atoms with van der Waals surface area (Å²) in [6.45, 7) is 7.42. The van der Waals surface area contributed by atoms with Crippen LogP contribution in [0.4, 0.5) is 10.5 Å². The molecule has 0 aliphatic carbocycles. The van der Waals surface area contributed by atoms with E-state index >= 15 is 0 Å². The number of nitrogens with zero attached hydrogens (tertiary/aromatic N) is 2. The van der Waals surface area contributed by atoms with Crippen LogP contribution in [0.25, 0.3) is 0 Å². The van der Waals surface area contributed by atoms with Gasteiger partial charge < -0.3 is 20.3 Å². The number of fused-ring (bicyclic) bond motifs is 2. The quantitative estimate of drug-likeness (QED) is 0.569. The number of amides is 3. The third kappa shape index (κ3) is 5.14. The van der Waals surface area contributed by atoms with Crippen LogP contribution in [0.5, 0.6) is 0 Å². The standard InChI is InChI=1S/C28H31ClN4O4/c1-17(2)12-23(32-26(36)37-27(3,4)18-8-7-9-19(29)13-18)24(34)33-16-28(14-20(33)15-30)21-10-5-6-11-22(21)31-25(28)35/h5-11,13,17,20,23H,12,14,16H2,1-4H3,(H,31,35)(H,32,36)/t20-,23?,28-/m0/s1. The van der Waals surface area contributed by atoms with Gasteiger partial charge in [-0.05, 0) is 55.5 Å². The van der Waals surface area contributed by atoms with E-state index < -0.39 is 35.1 Å². The number of nitriles is 1. The molecule has 2 heterocycles. The fraction of sp³-hybridized carbons (Fsp3) is 0.429. The van der Waals surface area contributed by atoms with E-state index in [-0.39, 0.29) is 24.8 Å². The number of anilines is 1. The first-order valence-electron chi connectivity index (χ1n) is 12.3. The monoisotopic (exact) mass is 522 g/mol. The van der Waals surface area contributed by atoms with Crippen LogP contribution in [-0.4, -0.2) is 41.4 Å². The number of likely N-dealkylation sites (tertiary alicyclic amines) is 1. The molecule has 0 aromatic heterocycles. The molecule has 37 heavy (non-hydrogen) atoms. The normalized spacial score (nSPS) is 21.4. The van der Waals surface area contributed by atoms with Gasteiger partial charge >= 0.3 is 6.09 Å². The molecule has 2 aromatic carbocycles. The Morgan fingerprint density at radius 2 is 2.00 bits per heavy atom. The number of hydrogen-bond donors (Lipinski definition) is 2.